The van der Waals surface area contributed by atoms with E-state index in [1.807, 2.05) is 0 Å². The Balaban J connectivity index is 5.03. The highest BCUT2D eigenvalue weighted by Gasteiger charge is 2.75. The largest absolute Gasteiger partial charge is 0.379 e. The van der Waals surface area contributed by atoms with E-state index in [4.69, 9.17) is 0 Å². The van der Waals surface area contributed by atoms with Crippen LogP contribution in [0, 0.1) is 0 Å². The minimum atomic E-state index is -6.31. The van der Waals surface area contributed by atoms with Crippen molar-refractivity contribution in [1.82, 2.24) is 5.32 Å². The second kappa shape index (κ2) is 5.80. The summed E-state index contributed by atoms with van der Waals surface area (Å²) in [6.07, 6.45) is -4.97. The van der Waals surface area contributed by atoms with E-state index in [1.54, 1.807) is 0 Å². The Morgan fingerprint density at radius 3 is 1.89 bits per heavy atom. The Kier molecular flexibility index (Phi) is 5.61. The molecule has 0 unspecified atom stereocenters. The van der Waals surface area contributed by atoms with Crippen LogP contribution < -0.4 is 5.32 Å². The van der Waals surface area contributed by atoms with E-state index in [0.717, 1.165) is 6.92 Å². The van der Waals surface area contributed by atoms with Gasteiger partial charge in [-0.2, -0.15) is 26.3 Å². The molecule has 0 saturated heterocycles. The molecule has 0 fully saturated rings. The highest BCUT2D eigenvalue weighted by atomic mass is 79.9. The fourth-order valence-corrected chi connectivity index (χ4v) is 0.993. The molecule has 0 aromatic heterocycles. The Hall–Kier alpha value is -0.610. The molecule has 1 atom stereocenters. The molecule has 0 aromatic rings. The van der Waals surface area contributed by atoms with Gasteiger partial charge in [0.25, 0.3) is 0 Å². The monoisotopic (exact) mass is 365 g/mol. The van der Waals surface area contributed by atoms with Crippen LogP contribution in [-0.2, 0) is 4.79 Å². The normalized spacial score (nSPS) is 15.5. The molecule has 1 N–H and O–H groups in total. The first kappa shape index (κ1) is 18.4. The van der Waals surface area contributed by atoms with E-state index in [1.165, 1.54) is 5.32 Å². The van der Waals surface area contributed by atoms with E-state index in [2.05, 4.69) is 15.9 Å². The molecule has 2 nitrogen and oxygen atoms in total. The molecule has 0 heterocycles. The molecule has 0 aliphatic carbocycles. The summed E-state index contributed by atoms with van der Waals surface area (Å²) in [5.41, 5.74) is 0. The first-order chi connectivity index (χ1) is 8.27. The third-order valence-corrected chi connectivity index (χ3v) is 2.41. The third kappa shape index (κ3) is 3.69. The fourth-order valence-electron chi connectivity index (χ4n) is 0.831. The lowest BCUT2D eigenvalue weighted by Gasteiger charge is -2.32. The molecule has 1 amide bonds. The summed E-state index contributed by atoms with van der Waals surface area (Å²) >= 11 is 2.61. The van der Waals surface area contributed by atoms with Crippen molar-refractivity contribution in [2.75, 3.05) is 6.54 Å². The van der Waals surface area contributed by atoms with Crippen molar-refractivity contribution < 1.29 is 39.9 Å². The molecule has 0 aromatic carbocycles. The average molecular weight is 366 g/mol. The zero-order valence-electron chi connectivity index (χ0n) is 9.17. The van der Waals surface area contributed by atoms with Crippen molar-refractivity contribution in [1.29, 1.82) is 0 Å². The topological polar surface area (TPSA) is 29.1 Å². The average Bonchev–Trinajstić information content (AvgIpc) is 2.24. The van der Waals surface area contributed by atoms with Gasteiger partial charge in [-0.3, -0.25) is 4.79 Å². The molecule has 11 heteroatoms. The number of hydrogen-bond acceptors (Lipinski definition) is 1. The SMILES string of the molecule is C[C@@H](Br)C(=O)NCC(F)(F)C(F)(F)C(F)(F)C(F)F. The smallest absolute Gasteiger partial charge is 0.349 e. The molecule has 0 spiro atoms. The van der Waals surface area contributed by atoms with Gasteiger partial charge in [0, 0.05) is 0 Å². The quantitative estimate of drug-likeness (QED) is 0.568. The predicted octanol–water partition coefficient (Wildman–Crippen LogP) is 3.06. The summed E-state index contributed by atoms with van der Waals surface area (Å²) in [6.45, 7) is -1.05. The summed E-state index contributed by atoms with van der Waals surface area (Å²) in [7, 11) is 0. The summed E-state index contributed by atoms with van der Waals surface area (Å²) in [5, 5.41) is 1.25. The molecule has 0 bridgehead atoms. The van der Waals surface area contributed by atoms with E-state index in [-0.39, 0.29) is 0 Å². The van der Waals surface area contributed by atoms with Gasteiger partial charge in [-0.25, -0.2) is 8.78 Å². The molecule has 0 aliphatic heterocycles. The van der Waals surface area contributed by atoms with Gasteiger partial charge >= 0.3 is 24.2 Å². The maximum absolute atomic E-state index is 12.9. The molecule has 0 rings (SSSR count). The van der Waals surface area contributed by atoms with Crippen LogP contribution in [0.25, 0.3) is 0 Å². The number of amides is 1. The third-order valence-electron chi connectivity index (χ3n) is 2.00. The first-order valence-electron chi connectivity index (χ1n) is 4.60. The van der Waals surface area contributed by atoms with Crippen molar-refractivity contribution in [2.24, 2.45) is 0 Å². The summed E-state index contributed by atoms with van der Waals surface area (Å²) in [5.74, 6) is -19.3. The standard InChI is InChI=1S/C8H8BrF8NO/c1-3(9)4(19)18-2-6(12,13)8(16,17)7(14,15)5(10)11/h3,5H,2H2,1H3,(H,18,19)/t3-/m1/s1. The molecule has 19 heavy (non-hydrogen) atoms. The maximum atomic E-state index is 12.9. The van der Waals surface area contributed by atoms with E-state index in [9.17, 15) is 39.9 Å². The second-order valence-electron chi connectivity index (χ2n) is 3.54. The Labute approximate surface area is 110 Å². The van der Waals surface area contributed by atoms with Crippen molar-refractivity contribution >= 4 is 21.8 Å². The van der Waals surface area contributed by atoms with Crippen molar-refractivity contribution in [3.05, 3.63) is 0 Å². The number of carbonyl (C=O) groups is 1. The highest BCUT2D eigenvalue weighted by molar-refractivity contribution is 9.10. The molecule has 0 radical (unpaired) electrons. The van der Waals surface area contributed by atoms with Gasteiger partial charge in [-0.05, 0) is 6.92 Å². The molecule has 114 valence electrons. The minimum absolute atomic E-state index is 1.05. The number of alkyl halides is 9. The lowest BCUT2D eigenvalue weighted by Crippen LogP contribution is -2.61. The van der Waals surface area contributed by atoms with Gasteiger partial charge in [0.05, 0.1) is 11.4 Å². The Bertz CT molecular complexity index is 333. The summed E-state index contributed by atoms with van der Waals surface area (Å²) in [4.78, 5) is 9.78. The van der Waals surface area contributed by atoms with E-state index < -0.39 is 41.5 Å². The second-order valence-corrected chi connectivity index (χ2v) is 4.91. The van der Waals surface area contributed by atoms with Gasteiger partial charge < -0.3 is 5.32 Å². The lowest BCUT2D eigenvalue weighted by molar-refractivity contribution is -0.336. The number of nitrogens with one attached hydrogen (secondary N) is 1. The van der Waals surface area contributed by atoms with Crippen molar-refractivity contribution in [3.63, 3.8) is 0 Å². The molecular weight excluding hydrogens is 358 g/mol. The number of hydrogen-bond donors (Lipinski definition) is 1. The van der Waals surface area contributed by atoms with Gasteiger partial charge in [0.1, 0.15) is 0 Å². The van der Waals surface area contributed by atoms with Gasteiger partial charge in [0.2, 0.25) is 5.91 Å². The van der Waals surface area contributed by atoms with Crippen LogP contribution in [0.4, 0.5) is 35.1 Å². The van der Waals surface area contributed by atoms with Crippen LogP contribution in [0.15, 0.2) is 0 Å². The predicted molar refractivity (Wildman–Crippen MR) is 52.2 cm³/mol. The molecule has 0 aliphatic rings. The van der Waals surface area contributed by atoms with Crippen molar-refractivity contribution in [3.8, 4) is 0 Å². The fraction of sp³-hybridized carbons (Fsp3) is 0.875. The minimum Gasteiger partial charge on any atom is -0.349 e. The molecule has 0 saturated carbocycles. The van der Waals surface area contributed by atoms with Gasteiger partial charge in [-0.15, -0.1) is 0 Å². The zero-order chi connectivity index (χ0) is 15.6. The Morgan fingerprint density at radius 1 is 1.16 bits per heavy atom. The van der Waals surface area contributed by atoms with E-state index in [0.29, 0.717) is 0 Å². The van der Waals surface area contributed by atoms with Crippen LogP contribution in [0.2, 0.25) is 0 Å². The van der Waals surface area contributed by atoms with Crippen LogP contribution in [0.1, 0.15) is 6.92 Å². The van der Waals surface area contributed by atoms with Crippen LogP contribution >= 0.6 is 15.9 Å². The van der Waals surface area contributed by atoms with Gasteiger partial charge in [0.15, 0.2) is 0 Å². The molecular formula is C8H8BrF8NO. The first-order valence-corrected chi connectivity index (χ1v) is 5.52. The van der Waals surface area contributed by atoms with Crippen molar-refractivity contribution in [2.45, 2.75) is 35.9 Å². The van der Waals surface area contributed by atoms with E-state index >= 15 is 0 Å². The van der Waals surface area contributed by atoms with Crippen LogP contribution in [-0.4, -0.2) is 41.5 Å². The highest BCUT2D eigenvalue weighted by Crippen LogP contribution is 2.48. The zero-order valence-corrected chi connectivity index (χ0v) is 10.8. The number of rotatable bonds is 6. The number of carbonyl (C=O) groups excluding carboxylic acids is 1. The summed E-state index contributed by atoms with van der Waals surface area (Å²) < 4.78 is 99.5. The number of halogens is 9. The Morgan fingerprint density at radius 2 is 1.58 bits per heavy atom. The van der Waals surface area contributed by atoms with Crippen LogP contribution in [0.5, 0.6) is 0 Å². The van der Waals surface area contributed by atoms with Gasteiger partial charge in [-0.1, -0.05) is 15.9 Å². The summed E-state index contributed by atoms with van der Waals surface area (Å²) in [6, 6.07) is 0. The maximum Gasteiger partial charge on any atom is 0.379 e. The van der Waals surface area contributed by atoms with Crippen LogP contribution in [0.3, 0.4) is 0 Å². The lowest BCUT2D eigenvalue weighted by atomic mass is 10.0.